The van der Waals surface area contributed by atoms with Gasteiger partial charge in [-0.1, -0.05) is 18.2 Å². The molecule has 76 valence electrons. The average Bonchev–Trinajstić information content (AvgIpc) is 2.14. The van der Waals surface area contributed by atoms with Crippen LogP contribution in [0, 0.1) is 0 Å². The van der Waals surface area contributed by atoms with Crippen LogP contribution in [0.25, 0.3) is 0 Å². The number of nitrogens with one attached hydrogen (secondary N) is 1. The van der Waals surface area contributed by atoms with Crippen LogP contribution in [0.5, 0.6) is 0 Å². The summed E-state index contributed by atoms with van der Waals surface area (Å²) in [7, 11) is 0. The number of rotatable bonds is 2. The molecule has 3 nitrogen and oxygen atoms in total. The van der Waals surface area contributed by atoms with E-state index >= 15 is 0 Å². The molecule has 0 atom stereocenters. The number of alkyl halides is 3. The predicted molar refractivity (Wildman–Crippen MR) is 41.0 cm³/mol. The number of carbonyl (C=O) groups is 1. The van der Waals surface area contributed by atoms with E-state index in [4.69, 9.17) is 0 Å². The zero-order valence-corrected chi connectivity index (χ0v) is 6.84. The van der Waals surface area contributed by atoms with Crippen molar-refractivity contribution in [2.75, 3.05) is 0 Å². The lowest BCUT2D eigenvalue weighted by atomic mass is 10.2. The van der Waals surface area contributed by atoms with E-state index in [1.807, 2.05) is 0 Å². The van der Waals surface area contributed by atoms with Crippen molar-refractivity contribution < 1.29 is 22.8 Å². The van der Waals surface area contributed by atoms with Gasteiger partial charge in [0.15, 0.2) is 0 Å². The number of hydrogen-bond acceptors (Lipinski definition) is 2. The first-order chi connectivity index (χ1) is 6.49. The molecule has 1 aromatic rings. The number of benzene rings is 1. The Hall–Kier alpha value is -1.56. The van der Waals surface area contributed by atoms with E-state index in [9.17, 15) is 18.0 Å². The third-order valence-electron chi connectivity index (χ3n) is 1.30. The standard InChI is InChI=1S/C8H6F3NO2/c9-8(10,11)14-12-7(13)6-4-2-1-3-5-6/h1-5H,(H,12,13). The first kappa shape index (κ1) is 10.5. The van der Waals surface area contributed by atoms with Gasteiger partial charge in [-0.2, -0.15) is 4.84 Å². The van der Waals surface area contributed by atoms with E-state index in [0.29, 0.717) is 0 Å². The third kappa shape index (κ3) is 3.44. The van der Waals surface area contributed by atoms with Crippen LogP contribution in [0.15, 0.2) is 30.3 Å². The van der Waals surface area contributed by atoms with Crippen LogP contribution in [-0.2, 0) is 4.84 Å². The Bertz CT molecular complexity index is 310. The van der Waals surface area contributed by atoms with Gasteiger partial charge in [-0.05, 0) is 12.1 Å². The van der Waals surface area contributed by atoms with Gasteiger partial charge in [-0.3, -0.25) is 4.79 Å². The molecule has 0 spiro atoms. The molecule has 0 saturated heterocycles. The number of amides is 1. The highest BCUT2D eigenvalue weighted by Crippen LogP contribution is 2.14. The Kier molecular flexibility index (Phi) is 3.08. The molecule has 14 heavy (non-hydrogen) atoms. The monoisotopic (exact) mass is 205 g/mol. The van der Waals surface area contributed by atoms with Crippen LogP contribution in [0.4, 0.5) is 13.2 Å². The summed E-state index contributed by atoms with van der Waals surface area (Å²) in [6, 6.07) is 7.44. The highest BCUT2D eigenvalue weighted by molar-refractivity contribution is 5.93. The second-order valence-corrected chi connectivity index (χ2v) is 2.35. The van der Waals surface area contributed by atoms with E-state index in [1.165, 1.54) is 29.7 Å². The third-order valence-corrected chi connectivity index (χ3v) is 1.30. The normalized spacial score (nSPS) is 11.1. The maximum absolute atomic E-state index is 11.5. The SMILES string of the molecule is O=C(NOC(F)(F)F)c1ccccc1. The van der Waals surface area contributed by atoms with Crippen molar-refractivity contribution in [3.8, 4) is 0 Å². The largest absolute Gasteiger partial charge is 0.543 e. The second kappa shape index (κ2) is 4.10. The number of hydrogen-bond donors (Lipinski definition) is 1. The van der Waals surface area contributed by atoms with Crippen LogP contribution in [-0.4, -0.2) is 12.3 Å². The summed E-state index contributed by atoms with van der Waals surface area (Å²) in [5.74, 6) is -0.942. The van der Waals surface area contributed by atoms with Crippen molar-refractivity contribution in [1.29, 1.82) is 0 Å². The molecule has 0 aliphatic carbocycles. The molecule has 1 N–H and O–H groups in total. The number of carbonyl (C=O) groups excluding carboxylic acids is 1. The summed E-state index contributed by atoms with van der Waals surface area (Å²) in [4.78, 5) is 14.1. The van der Waals surface area contributed by atoms with Gasteiger partial charge in [0.05, 0.1) is 0 Å². The molecule has 0 bridgehead atoms. The van der Waals surface area contributed by atoms with Crippen molar-refractivity contribution in [3.05, 3.63) is 35.9 Å². The van der Waals surface area contributed by atoms with E-state index in [1.54, 1.807) is 6.07 Å². The minimum atomic E-state index is -4.87. The Morgan fingerprint density at radius 3 is 2.29 bits per heavy atom. The fourth-order valence-electron chi connectivity index (χ4n) is 0.753. The quantitative estimate of drug-likeness (QED) is 0.748. The van der Waals surface area contributed by atoms with Crippen molar-refractivity contribution in [1.82, 2.24) is 5.48 Å². The molecular formula is C8H6F3NO2. The highest BCUT2D eigenvalue weighted by Gasteiger charge is 2.31. The van der Waals surface area contributed by atoms with Crippen molar-refractivity contribution >= 4 is 5.91 Å². The van der Waals surface area contributed by atoms with Crippen LogP contribution in [0.3, 0.4) is 0 Å². The molecule has 0 radical (unpaired) electrons. The van der Waals surface area contributed by atoms with E-state index in [-0.39, 0.29) is 5.56 Å². The number of hydroxylamine groups is 1. The fraction of sp³-hybridized carbons (Fsp3) is 0.125. The fourth-order valence-corrected chi connectivity index (χ4v) is 0.753. The Labute approximate surface area is 77.4 Å². The molecule has 0 aromatic heterocycles. The predicted octanol–water partition coefficient (Wildman–Crippen LogP) is 1.87. The minimum Gasteiger partial charge on any atom is -0.267 e. The molecular weight excluding hydrogens is 199 g/mol. The molecule has 1 amide bonds. The van der Waals surface area contributed by atoms with Gasteiger partial charge in [0.2, 0.25) is 0 Å². The summed E-state index contributed by atoms with van der Waals surface area (Å²) in [5, 5.41) is 0. The molecule has 0 heterocycles. The highest BCUT2D eigenvalue weighted by atomic mass is 19.4. The topological polar surface area (TPSA) is 38.3 Å². The number of halogens is 3. The van der Waals surface area contributed by atoms with Gasteiger partial charge in [0, 0.05) is 5.56 Å². The minimum absolute atomic E-state index is 0.0942. The second-order valence-electron chi connectivity index (χ2n) is 2.35. The molecule has 0 unspecified atom stereocenters. The molecule has 0 saturated carbocycles. The molecule has 0 fully saturated rings. The maximum atomic E-state index is 11.5. The van der Waals surface area contributed by atoms with E-state index in [0.717, 1.165) is 0 Å². The van der Waals surface area contributed by atoms with Gasteiger partial charge >= 0.3 is 6.36 Å². The molecule has 1 rings (SSSR count). The summed E-state index contributed by atoms with van der Waals surface area (Å²) >= 11 is 0. The Balaban J connectivity index is 2.52. The Morgan fingerprint density at radius 1 is 1.21 bits per heavy atom. The van der Waals surface area contributed by atoms with E-state index < -0.39 is 12.3 Å². The molecule has 1 aromatic carbocycles. The lowest BCUT2D eigenvalue weighted by molar-refractivity contribution is -0.343. The average molecular weight is 205 g/mol. The zero-order valence-electron chi connectivity index (χ0n) is 6.84. The van der Waals surface area contributed by atoms with Gasteiger partial charge in [-0.15, -0.1) is 13.2 Å². The maximum Gasteiger partial charge on any atom is 0.543 e. The van der Waals surface area contributed by atoms with Crippen LogP contribution in [0.2, 0.25) is 0 Å². The molecule has 6 heteroatoms. The van der Waals surface area contributed by atoms with Crippen molar-refractivity contribution in [2.45, 2.75) is 6.36 Å². The van der Waals surface area contributed by atoms with Crippen molar-refractivity contribution in [2.24, 2.45) is 0 Å². The van der Waals surface area contributed by atoms with Crippen LogP contribution < -0.4 is 5.48 Å². The van der Waals surface area contributed by atoms with E-state index in [2.05, 4.69) is 4.84 Å². The lowest BCUT2D eigenvalue weighted by Crippen LogP contribution is -2.30. The Morgan fingerprint density at radius 2 is 1.79 bits per heavy atom. The van der Waals surface area contributed by atoms with Gasteiger partial charge in [-0.25, -0.2) is 5.48 Å². The van der Waals surface area contributed by atoms with Crippen molar-refractivity contribution in [3.63, 3.8) is 0 Å². The van der Waals surface area contributed by atoms with Crippen LogP contribution in [0.1, 0.15) is 10.4 Å². The van der Waals surface area contributed by atoms with Gasteiger partial charge in [0.25, 0.3) is 5.91 Å². The first-order valence-corrected chi connectivity index (χ1v) is 3.59. The lowest BCUT2D eigenvalue weighted by Gasteiger charge is -2.07. The smallest absolute Gasteiger partial charge is 0.267 e. The van der Waals surface area contributed by atoms with Gasteiger partial charge < -0.3 is 0 Å². The molecule has 0 aliphatic heterocycles. The summed E-state index contributed by atoms with van der Waals surface area (Å²) < 4.78 is 34.5. The summed E-state index contributed by atoms with van der Waals surface area (Å²) in [5.41, 5.74) is 1.37. The molecule has 0 aliphatic rings. The first-order valence-electron chi connectivity index (χ1n) is 3.59. The summed E-state index contributed by atoms with van der Waals surface area (Å²) in [6.45, 7) is 0. The van der Waals surface area contributed by atoms with Gasteiger partial charge in [0.1, 0.15) is 0 Å². The zero-order chi connectivity index (χ0) is 10.6. The van der Waals surface area contributed by atoms with Crippen LogP contribution >= 0.6 is 0 Å². The summed E-state index contributed by atoms with van der Waals surface area (Å²) in [6.07, 6.45) is -4.87.